The summed E-state index contributed by atoms with van der Waals surface area (Å²) in [4.78, 5) is 0. The largest absolute Gasteiger partial charge is 0.327 e. The molecular formula is C15H19ClFN. The van der Waals surface area contributed by atoms with E-state index in [1.165, 1.54) is 37.3 Å². The Kier molecular flexibility index (Phi) is 4.79. The highest BCUT2D eigenvalue weighted by Crippen LogP contribution is 2.23. The van der Waals surface area contributed by atoms with Crippen molar-refractivity contribution in [2.75, 3.05) is 0 Å². The highest BCUT2D eigenvalue weighted by atomic mass is 35.5. The van der Waals surface area contributed by atoms with Crippen molar-refractivity contribution in [3.05, 3.63) is 46.3 Å². The van der Waals surface area contributed by atoms with Crippen molar-refractivity contribution in [2.24, 2.45) is 5.73 Å². The summed E-state index contributed by atoms with van der Waals surface area (Å²) < 4.78 is 13.0. The van der Waals surface area contributed by atoms with Gasteiger partial charge in [0.15, 0.2) is 0 Å². The average molecular weight is 268 g/mol. The van der Waals surface area contributed by atoms with Crippen LogP contribution in [0.3, 0.4) is 0 Å². The summed E-state index contributed by atoms with van der Waals surface area (Å²) in [6.07, 6.45) is 8.95. The number of rotatable bonds is 4. The van der Waals surface area contributed by atoms with E-state index < -0.39 is 0 Å². The van der Waals surface area contributed by atoms with E-state index in [-0.39, 0.29) is 16.9 Å². The van der Waals surface area contributed by atoms with Crippen LogP contribution in [0.15, 0.2) is 29.8 Å². The Labute approximate surface area is 113 Å². The standard InChI is InChI=1S/C15H19ClFN/c16-14-10-12(6-7-15(14)17)9-13(18)8-11-4-2-1-3-5-11/h4,6-7,10,13H,1-3,5,8-9,18H2. The normalized spacial score (nSPS) is 17.4. The van der Waals surface area contributed by atoms with Crippen molar-refractivity contribution < 1.29 is 4.39 Å². The zero-order valence-electron chi connectivity index (χ0n) is 10.5. The molecule has 1 aromatic rings. The van der Waals surface area contributed by atoms with Gasteiger partial charge in [0.25, 0.3) is 0 Å². The first-order valence-corrected chi connectivity index (χ1v) is 6.90. The van der Waals surface area contributed by atoms with Gasteiger partial charge in [0.2, 0.25) is 0 Å². The molecule has 98 valence electrons. The lowest BCUT2D eigenvalue weighted by atomic mass is 9.92. The molecule has 1 aromatic carbocycles. The fourth-order valence-corrected chi connectivity index (χ4v) is 2.67. The molecule has 1 nitrogen and oxygen atoms in total. The van der Waals surface area contributed by atoms with Crippen LogP contribution in [0.4, 0.5) is 4.39 Å². The summed E-state index contributed by atoms with van der Waals surface area (Å²) in [5, 5.41) is 0.177. The molecule has 1 atom stereocenters. The summed E-state index contributed by atoms with van der Waals surface area (Å²) in [6.45, 7) is 0. The molecular weight excluding hydrogens is 249 g/mol. The van der Waals surface area contributed by atoms with Crippen LogP contribution in [0.25, 0.3) is 0 Å². The molecule has 0 saturated heterocycles. The van der Waals surface area contributed by atoms with E-state index in [0.29, 0.717) is 0 Å². The van der Waals surface area contributed by atoms with Gasteiger partial charge in [0, 0.05) is 6.04 Å². The van der Waals surface area contributed by atoms with Gasteiger partial charge in [-0.1, -0.05) is 29.3 Å². The molecule has 0 bridgehead atoms. The Bertz CT molecular complexity index is 442. The van der Waals surface area contributed by atoms with Gasteiger partial charge in [0.05, 0.1) is 5.02 Å². The Hall–Kier alpha value is -0.860. The van der Waals surface area contributed by atoms with Crippen LogP contribution in [-0.4, -0.2) is 6.04 Å². The first kappa shape index (κ1) is 13.6. The van der Waals surface area contributed by atoms with Crippen LogP contribution in [-0.2, 0) is 6.42 Å². The first-order valence-electron chi connectivity index (χ1n) is 6.52. The smallest absolute Gasteiger partial charge is 0.141 e. The van der Waals surface area contributed by atoms with E-state index >= 15 is 0 Å². The second-order valence-electron chi connectivity index (χ2n) is 5.02. The number of hydrogen-bond donors (Lipinski definition) is 1. The van der Waals surface area contributed by atoms with Crippen molar-refractivity contribution in [1.82, 2.24) is 0 Å². The van der Waals surface area contributed by atoms with Gasteiger partial charge in [-0.3, -0.25) is 0 Å². The van der Waals surface area contributed by atoms with Crippen molar-refractivity contribution in [3.63, 3.8) is 0 Å². The second kappa shape index (κ2) is 6.35. The molecule has 18 heavy (non-hydrogen) atoms. The SMILES string of the molecule is NC(CC1=CCCCC1)Cc1ccc(F)c(Cl)c1. The number of nitrogens with two attached hydrogens (primary N) is 1. The molecule has 1 unspecified atom stereocenters. The molecule has 1 aliphatic rings. The van der Waals surface area contributed by atoms with Crippen molar-refractivity contribution in [1.29, 1.82) is 0 Å². The molecule has 0 fully saturated rings. The fourth-order valence-electron chi connectivity index (χ4n) is 2.47. The summed E-state index contributed by atoms with van der Waals surface area (Å²) in [5.74, 6) is -0.371. The van der Waals surface area contributed by atoms with Gasteiger partial charge >= 0.3 is 0 Å². The number of halogens is 2. The van der Waals surface area contributed by atoms with E-state index in [0.717, 1.165) is 18.4 Å². The predicted molar refractivity (Wildman–Crippen MR) is 74.3 cm³/mol. The summed E-state index contributed by atoms with van der Waals surface area (Å²) in [7, 11) is 0. The van der Waals surface area contributed by atoms with Gasteiger partial charge in [-0.15, -0.1) is 0 Å². The lowest BCUT2D eigenvalue weighted by Crippen LogP contribution is -2.23. The topological polar surface area (TPSA) is 26.0 Å². The molecule has 2 rings (SSSR count). The molecule has 0 spiro atoms. The van der Waals surface area contributed by atoms with E-state index in [1.54, 1.807) is 12.1 Å². The van der Waals surface area contributed by atoms with Gasteiger partial charge in [0.1, 0.15) is 5.82 Å². The zero-order chi connectivity index (χ0) is 13.0. The number of benzene rings is 1. The predicted octanol–water partition coefficient (Wildman–Crippen LogP) is 4.24. The van der Waals surface area contributed by atoms with Gasteiger partial charge in [-0.2, -0.15) is 0 Å². The zero-order valence-corrected chi connectivity index (χ0v) is 11.2. The molecule has 0 aromatic heterocycles. The minimum atomic E-state index is -0.371. The summed E-state index contributed by atoms with van der Waals surface area (Å²) >= 11 is 5.76. The van der Waals surface area contributed by atoms with Gasteiger partial charge in [-0.05, 0) is 56.2 Å². The molecule has 0 aliphatic heterocycles. The Morgan fingerprint density at radius 1 is 1.28 bits per heavy atom. The van der Waals surface area contributed by atoms with Crippen LogP contribution < -0.4 is 5.73 Å². The third kappa shape index (κ3) is 3.82. The van der Waals surface area contributed by atoms with E-state index in [9.17, 15) is 4.39 Å². The number of allylic oxidation sites excluding steroid dienone is 1. The Morgan fingerprint density at radius 2 is 2.11 bits per heavy atom. The van der Waals surface area contributed by atoms with Crippen LogP contribution >= 0.6 is 11.6 Å². The third-order valence-corrected chi connectivity index (χ3v) is 3.68. The minimum absolute atomic E-state index is 0.0934. The van der Waals surface area contributed by atoms with Crippen LogP contribution in [0.2, 0.25) is 5.02 Å². The molecule has 0 heterocycles. The first-order chi connectivity index (χ1) is 8.65. The molecule has 0 amide bonds. The maximum absolute atomic E-state index is 13.0. The molecule has 2 N–H and O–H groups in total. The average Bonchev–Trinajstić information content (AvgIpc) is 2.35. The third-order valence-electron chi connectivity index (χ3n) is 3.39. The quantitative estimate of drug-likeness (QED) is 0.812. The maximum atomic E-state index is 13.0. The highest BCUT2D eigenvalue weighted by Gasteiger charge is 2.11. The van der Waals surface area contributed by atoms with E-state index in [1.807, 2.05) is 0 Å². The van der Waals surface area contributed by atoms with Crippen molar-refractivity contribution in [3.8, 4) is 0 Å². The minimum Gasteiger partial charge on any atom is -0.327 e. The van der Waals surface area contributed by atoms with Gasteiger partial charge in [-0.25, -0.2) is 4.39 Å². The highest BCUT2D eigenvalue weighted by molar-refractivity contribution is 6.30. The van der Waals surface area contributed by atoms with Crippen molar-refractivity contribution >= 4 is 11.6 Å². The van der Waals surface area contributed by atoms with E-state index in [2.05, 4.69) is 6.08 Å². The molecule has 0 radical (unpaired) electrons. The maximum Gasteiger partial charge on any atom is 0.141 e. The van der Waals surface area contributed by atoms with Crippen LogP contribution in [0.1, 0.15) is 37.7 Å². The Balaban J connectivity index is 1.92. The Morgan fingerprint density at radius 3 is 2.78 bits per heavy atom. The van der Waals surface area contributed by atoms with Crippen LogP contribution in [0.5, 0.6) is 0 Å². The monoisotopic (exact) mass is 267 g/mol. The summed E-state index contributed by atoms with van der Waals surface area (Å²) in [6, 6.07) is 4.93. The fraction of sp³-hybridized carbons (Fsp3) is 0.467. The summed E-state index contributed by atoms with van der Waals surface area (Å²) in [5.41, 5.74) is 8.63. The number of hydrogen-bond acceptors (Lipinski definition) is 1. The second-order valence-corrected chi connectivity index (χ2v) is 5.43. The molecule has 3 heteroatoms. The lowest BCUT2D eigenvalue weighted by Gasteiger charge is -2.17. The van der Waals surface area contributed by atoms with Crippen LogP contribution in [0, 0.1) is 5.82 Å². The molecule has 0 saturated carbocycles. The molecule has 1 aliphatic carbocycles. The van der Waals surface area contributed by atoms with Gasteiger partial charge < -0.3 is 5.73 Å². The van der Waals surface area contributed by atoms with Crippen molar-refractivity contribution in [2.45, 2.75) is 44.6 Å². The van der Waals surface area contributed by atoms with E-state index in [4.69, 9.17) is 17.3 Å². The lowest BCUT2D eigenvalue weighted by molar-refractivity contribution is 0.602.